The summed E-state index contributed by atoms with van der Waals surface area (Å²) < 4.78 is 5.83. The summed E-state index contributed by atoms with van der Waals surface area (Å²) in [6, 6.07) is 0.595. The molecule has 2 aliphatic heterocycles. The zero-order chi connectivity index (χ0) is 17.7. The van der Waals surface area contributed by atoms with Crippen LogP contribution in [0.2, 0.25) is 0 Å². The minimum atomic E-state index is -0.0125. The van der Waals surface area contributed by atoms with Gasteiger partial charge in [0, 0.05) is 31.2 Å². The molecule has 0 spiro atoms. The minimum absolute atomic E-state index is 0.0125. The molecular formula is C18H37N5O. The van der Waals surface area contributed by atoms with E-state index in [1.165, 1.54) is 19.4 Å². The van der Waals surface area contributed by atoms with Crippen molar-refractivity contribution in [2.75, 3.05) is 39.3 Å². The molecule has 0 aromatic rings. The zero-order valence-corrected chi connectivity index (χ0v) is 16.2. The molecule has 2 aliphatic rings. The second kappa shape index (κ2) is 8.50. The molecule has 0 aromatic carbocycles. The first-order chi connectivity index (χ1) is 11.3. The van der Waals surface area contributed by atoms with Crippen molar-refractivity contribution in [2.45, 2.75) is 71.2 Å². The molecule has 140 valence electrons. The van der Waals surface area contributed by atoms with Crippen molar-refractivity contribution in [2.24, 2.45) is 10.7 Å². The van der Waals surface area contributed by atoms with Gasteiger partial charge in [0.1, 0.15) is 0 Å². The molecule has 0 aromatic heterocycles. The van der Waals surface area contributed by atoms with Crippen molar-refractivity contribution < 1.29 is 4.74 Å². The van der Waals surface area contributed by atoms with Crippen molar-refractivity contribution in [3.05, 3.63) is 0 Å². The Hall–Kier alpha value is -0.850. The number of morpholine rings is 1. The second-order valence-corrected chi connectivity index (χ2v) is 7.98. The van der Waals surface area contributed by atoms with Gasteiger partial charge in [-0.15, -0.1) is 0 Å². The van der Waals surface area contributed by atoms with Crippen molar-refractivity contribution in [1.29, 1.82) is 0 Å². The van der Waals surface area contributed by atoms with Gasteiger partial charge in [0.25, 0.3) is 0 Å². The molecule has 2 saturated heterocycles. The minimum Gasteiger partial charge on any atom is -0.373 e. The van der Waals surface area contributed by atoms with Gasteiger partial charge in [-0.1, -0.05) is 6.92 Å². The highest BCUT2D eigenvalue weighted by molar-refractivity contribution is 5.77. The fraction of sp³-hybridized carbons (Fsp3) is 0.944. The largest absolute Gasteiger partial charge is 0.373 e. The fourth-order valence-corrected chi connectivity index (χ4v) is 3.87. The van der Waals surface area contributed by atoms with Gasteiger partial charge in [-0.25, -0.2) is 0 Å². The lowest BCUT2D eigenvalue weighted by molar-refractivity contribution is -0.0939. The summed E-state index contributed by atoms with van der Waals surface area (Å²) in [6.07, 6.45) is 3.09. The lowest BCUT2D eigenvalue weighted by Crippen LogP contribution is -2.56. The van der Waals surface area contributed by atoms with Crippen LogP contribution in [-0.2, 0) is 4.74 Å². The number of hydrogen-bond acceptors (Lipinski definition) is 4. The standard InChI is InChI=1S/C18H37N5O/c1-6-22-9-7-8-16(22)10-20-17(19)21-13-18(4,5)23-11-14(2)24-15(3)12-23/h14-16H,6-13H2,1-5H3,(H3,19,20,21). The molecule has 2 heterocycles. The van der Waals surface area contributed by atoms with E-state index in [-0.39, 0.29) is 17.7 Å². The lowest BCUT2D eigenvalue weighted by atomic mass is 10.0. The topological polar surface area (TPSA) is 66.1 Å². The Balaban J connectivity index is 1.81. The van der Waals surface area contributed by atoms with E-state index in [1.54, 1.807) is 0 Å². The molecule has 0 radical (unpaired) electrons. The van der Waals surface area contributed by atoms with E-state index in [0.717, 1.165) is 26.2 Å². The van der Waals surface area contributed by atoms with Gasteiger partial charge in [-0.2, -0.15) is 0 Å². The fourth-order valence-electron chi connectivity index (χ4n) is 3.87. The van der Waals surface area contributed by atoms with Crippen LogP contribution in [0.5, 0.6) is 0 Å². The predicted octanol–water partition coefficient (Wildman–Crippen LogP) is 1.26. The van der Waals surface area contributed by atoms with Gasteiger partial charge in [-0.05, 0) is 53.6 Å². The first kappa shape index (κ1) is 19.5. The summed E-state index contributed by atoms with van der Waals surface area (Å²) in [5.74, 6) is 0.570. The molecule has 0 amide bonds. The Morgan fingerprint density at radius 2 is 1.96 bits per heavy atom. The molecule has 3 atom stereocenters. The van der Waals surface area contributed by atoms with E-state index in [0.29, 0.717) is 18.5 Å². The number of likely N-dealkylation sites (N-methyl/N-ethyl adjacent to an activating group) is 1. The molecule has 24 heavy (non-hydrogen) atoms. The van der Waals surface area contributed by atoms with E-state index < -0.39 is 0 Å². The van der Waals surface area contributed by atoms with Gasteiger partial charge < -0.3 is 15.8 Å². The molecule has 2 rings (SSSR count). The Labute approximate surface area is 147 Å². The van der Waals surface area contributed by atoms with Crippen LogP contribution < -0.4 is 11.1 Å². The van der Waals surface area contributed by atoms with Crippen molar-refractivity contribution in [3.63, 3.8) is 0 Å². The van der Waals surface area contributed by atoms with Gasteiger partial charge in [0.15, 0.2) is 5.96 Å². The number of aliphatic imine (C=N–C) groups is 1. The van der Waals surface area contributed by atoms with E-state index in [2.05, 4.69) is 54.7 Å². The smallest absolute Gasteiger partial charge is 0.188 e. The molecule has 0 saturated carbocycles. The number of guanidine groups is 1. The zero-order valence-electron chi connectivity index (χ0n) is 16.2. The monoisotopic (exact) mass is 339 g/mol. The highest BCUT2D eigenvalue weighted by Gasteiger charge is 2.33. The third-order valence-electron chi connectivity index (χ3n) is 5.34. The van der Waals surface area contributed by atoms with Crippen molar-refractivity contribution >= 4 is 5.96 Å². The molecule has 0 aliphatic carbocycles. The van der Waals surface area contributed by atoms with Crippen molar-refractivity contribution in [1.82, 2.24) is 15.1 Å². The third-order valence-corrected chi connectivity index (χ3v) is 5.34. The predicted molar refractivity (Wildman–Crippen MR) is 100 cm³/mol. The quantitative estimate of drug-likeness (QED) is 0.563. The average Bonchev–Trinajstić information content (AvgIpc) is 2.97. The van der Waals surface area contributed by atoms with Crippen LogP contribution in [0.15, 0.2) is 4.99 Å². The summed E-state index contributed by atoms with van der Waals surface area (Å²) in [5, 5.41) is 3.32. The number of nitrogens with two attached hydrogens (primary N) is 1. The van der Waals surface area contributed by atoms with Gasteiger partial charge in [-0.3, -0.25) is 14.8 Å². The molecule has 0 bridgehead atoms. The summed E-state index contributed by atoms with van der Waals surface area (Å²) in [4.78, 5) is 9.60. The lowest BCUT2D eigenvalue weighted by Gasteiger charge is -2.44. The SMILES string of the molecule is CCN1CCCC1CNC(N)=NCC(C)(C)N1CC(C)OC(C)C1. The van der Waals surface area contributed by atoms with Crippen LogP contribution in [0.3, 0.4) is 0 Å². The maximum absolute atomic E-state index is 6.11. The Morgan fingerprint density at radius 1 is 1.29 bits per heavy atom. The number of nitrogens with one attached hydrogen (secondary N) is 1. The molecule has 2 fully saturated rings. The highest BCUT2D eigenvalue weighted by Crippen LogP contribution is 2.21. The maximum atomic E-state index is 6.11. The number of hydrogen-bond donors (Lipinski definition) is 2. The molecule has 6 heteroatoms. The van der Waals surface area contributed by atoms with Gasteiger partial charge in [0.05, 0.1) is 18.8 Å². The summed E-state index contributed by atoms with van der Waals surface area (Å²) in [6.45, 7) is 16.8. The van der Waals surface area contributed by atoms with Gasteiger partial charge >= 0.3 is 0 Å². The van der Waals surface area contributed by atoms with Crippen LogP contribution in [0.25, 0.3) is 0 Å². The maximum Gasteiger partial charge on any atom is 0.188 e. The normalized spacial score (nSPS) is 30.7. The molecule has 3 N–H and O–H groups in total. The molecule has 6 nitrogen and oxygen atoms in total. The summed E-state index contributed by atoms with van der Waals surface area (Å²) in [5.41, 5.74) is 6.09. The Bertz CT molecular complexity index is 416. The van der Waals surface area contributed by atoms with Crippen LogP contribution in [0.1, 0.15) is 47.5 Å². The van der Waals surface area contributed by atoms with E-state index in [4.69, 9.17) is 10.5 Å². The number of rotatable bonds is 6. The number of likely N-dealkylation sites (tertiary alicyclic amines) is 1. The van der Waals surface area contributed by atoms with E-state index in [9.17, 15) is 0 Å². The second-order valence-electron chi connectivity index (χ2n) is 7.98. The highest BCUT2D eigenvalue weighted by atomic mass is 16.5. The average molecular weight is 340 g/mol. The van der Waals surface area contributed by atoms with Crippen LogP contribution in [-0.4, -0.2) is 78.8 Å². The summed E-state index contributed by atoms with van der Waals surface area (Å²) >= 11 is 0. The van der Waals surface area contributed by atoms with Crippen molar-refractivity contribution in [3.8, 4) is 0 Å². The van der Waals surface area contributed by atoms with E-state index in [1.807, 2.05) is 0 Å². The molecular weight excluding hydrogens is 302 g/mol. The van der Waals surface area contributed by atoms with Gasteiger partial charge in [0.2, 0.25) is 0 Å². The Morgan fingerprint density at radius 3 is 2.58 bits per heavy atom. The number of ether oxygens (including phenoxy) is 1. The number of nitrogens with zero attached hydrogens (tertiary/aromatic N) is 3. The first-order valence-corrected chi connectivity index (χ1v) is 9.50. The Kier molecular flexibility index (Phi) is 6.89. The summed E-state index contributed by atoms with van der Waals surface area (Å²) in [7, 11) is 0. The van der Waals surface area contributed by atoms with E-state index >= 15 is 0 Å². The van der Waals surface area contributed by atoms with Crippen LogP contribution in [0, 0.1) is 0 Å². The third kappa shape index (κ3) is 5.33. The van der Waals surface area contributed by atoms with Crippen LogP contribution in [0.4, 0.5) is 0 Å². The molecule has 3 unspecified atom stereocenters. The van der Waals surface area contributed by atoms with Crippen LogP contribution >= 0.6 is 0 Å². The first-order valence-electron chi connectivity index (χ1n) is 9.50.